The Morgan fingerprint density at radius 3 is 1.91 bits per heavy atom. The van der Waals surface area contributed by atoms with E-state index in [1.165, 1.54) is 13.8 Å². The van der Waals surface area contributed by atoms with Crippen molar-refractivity contribution in [1.82, 2.24) is 5.32 Å². The van der Waals surface area contributed by atoms with Gasteiger partial charge in [0.25, 0.3) is 0 Å². The summed E-state index contributed by atoms with van der Waals surface area (Å²) in [5.74, 6) is -0.0163. The van der Waals surface area contributed by atoms with Gasteiger partial charge in [0.2, 0.25) is 11.1 Å². The molecular weight excluding hydrogens is 302 g/mol. The van der Waals surface area contributed by atoms with Crippen LogP contribution in [-0.2, 0) is 20.8 Å². The van der Waals surface area contributed by atoms with Gasteiger partial charge in [0, 0.05) is 11.8 Å². The van der Waals surface area contributed by atoms with E-state index in [0.717, 1.165) is 5.56 Å². The van der Waals surface area contributed by atoms with Gasteiger partial charge in [0.1, 0.15) is 11.8 Å². The highest BCUT2D eigenvalue weighted by Crippen LogP contribution is 2.14. The molecule has 1 aromatic rings. The second kappa shape index (κ2) is 9.36. The number of amides is 1. The smallest absolute Gasteiger partial charge is 0.244 e. The Bertz CT molecular complexity index is 502. The third kappa shape index (κ3) is 9.29. The zero-order chi connectivity index (χ0) is 17.3. The highest BCUT2D eigenvalue weighted by Gasteiger charge is 2.26. The minimum Gasteiger partial charge on any atom is -0.344 e. The maximum atomic E-state index is 11.8. The molecule has 5 heteroatoms. The van der Waals surface area contributed by atoms with E-state index in [4.69, 9.17) is 11.6 Å². The van der Waals surface area contributed by atoms with Crippen LogP contribution >= 0.6 is 11.6 Å². The van der Waals surface area contributed by atoms with Crippen molar-refractivity contribution in [3.05, 3.63) is 35.9 Å². The van der Waals surface area contributed by atoms with Crippen LogP contribution in [0.4, 0.5) is 0 Å². The molecule has 1 aromatic carbocycles. The number of nitrogens with one attached hydrogen (secondary N) is 1. The van der Waals surface area contributed by atoms with Crippen molar-refractivity contribution >= 4 is 28.5 Å². The number of rotatable bonds is 4. The molecule has 0 aliphatic carbocycles. The van der Waals surface area contributed by atoms with Crippen molar-refractivity contribution in [2.45, 2.75) is 47.1 Å². The van der Waals surface area contributed by atoms with Gasteiger partial charge in [-0.25, -0.2) is 0 Å². The normalized spacial score (nSPS) is 11.7. The molecule has 1 atom stereocenters. The standard InChI is InChI=1S/C14H18ClNO2.C3H6O/c1-14(2,3)13(18)16-11(12(15)17)9-10-7-5-4-6-8-10;1-3(2)4/h4-8,11H,9H2,1-3H3,(H,16,18);1-2H3. The van der Waals surface area contributed by atoms with Crippen molar-refractivity contribution < 1.29 is 14.4 Å². The Hall–Kier alpha value is -1.68. The first-order chi connectivity index (χ1) is 10.0. The maximum Gasteiger partial charge on any atom is 0.244 e. The van der Waals surface area contributed by atoms with Crippen molar-refractivity contribution in [3.63, 3.8) is 0 Å². The lowest BCUT2D eigenvalue weighted by molar-refractivity contribution is -0.131. The van der Waals surface area contributed by atoms with Gasteiger partial charge in [-0.3, -0.25) is 9.59 Å². The van der Waals surface area contributed by atoms with Crippen LogP contribution in [0, 0.1) is 5.41 Å². The molecule has 1 rings (SSSR count). The van der Waals surface area contributed by atoms with Crippen LogP contribution < -0.4 is 5.32 Å². The fourth-order valence-electron chi connectivity index (χ4n) is 1.41. The molecule has 0 saturated heterocycles. The molecule has 0 aliphatic rings. The summed E-state index contributed by atoms with van der Waals surface area (Å²) < 4.78 is 0. The van der Waals surface area contributed by atoms with Gasteiger partial charge in [-0.15, -0.1) is 0 Å². The highest BCUT2D eigenvalue weighted by atomic mass is 35.5. The van der Waals surface area contributed by atoms with Gasteiger partial charge >= 0.3 is 0 Å². The zero-order valence-corrected chi connectivity index (χ0v) is 14.5. The topological polar surface area (TPSA) is 63.2 Å². The van der Waals surface area contributed by atoms with E-state index in [-0.39, 0.29) is 11.7 Å². The van der Waals surface area contributed by atoms with E-state index in [1.807, 2.05) is 30.3 Å². The molecule has 122 valence electrons. The van der Waals surface area contributed by atoms with Crippen LogP contribution in [-0.4, -0.2) is 23.0 Å². The van der Waals surface area contributed by atoms with Gasteiger partial charge in [0.15, 0.2) is 0 Å². The summed E-state index contributed by atoms with van der Waals surface area (Å²) in [5.41, 5.74) is 0.423. The van der Waals surface area contributed by atoms with E-state index < -0.39 is 16.7 Å². The minimum absolute atomic E-state index is 0.167. The summed E-state index contributed by atoms with van der Waals surface area (Å²) in [7, 11) is 0. The summed E-state index contributed by atoms with van der Waals surface area (Å²) >= 11 is 5.53. The maximum absolute atomic E-state index is 11.8. The molecule has 1 N–H and O–H groups in total. The van der Waals surface area contributed by atoms with Crippen molar-refractivity contribution in [2.75, 3.05) is 0 Å². The van der Waals surface area contributed by atoms with Crippen LogP contribution in [0.3, 0.4) is 0 Å². The summed E-state index contributed by atoms with van der Waals surface area (Å²) in [6, 6.07) is 8.79. The van der Waals surface area contributed by atoms with Gasteiger partial charge in [-0.2, -0.15) is 0 Å². The first-order valence-electron chi connectivity index (χ1n) is 7.05. The fourth-order valence-corrected chi connectivity index (χ4v) is 1.54. The Kier molecular flexibility index (Phi) is 8.65. The number of hydrogen-bond donors (Lipinski definition) is 1. The predicted molar refractivity (Wildman–Crippen MR) is 88.7 cm³/mol. The van der Waals surface area contributed by atoms with Crippen molar-refractivity contribution in [2.24, 2.45) is 5.41 Å². The van der Waals surface area contributed by atoms with Gasteiger partial charge < -0.3 is 10.1 Å². The van der Waals surface area contributed by atoms with E-state index in [9.17, 15) is 14.4 Å². The molecule has 0 fully saturated rings. The Morgan fingerprint density at radius 2 is 1.55 bits per heavy atom. The van der Waals surface area contributed by atoms with E-state index in [2.05, 4.69) is 5.32 Å². The number of hydrogen-bond acceptors (Lipinski definition) is 3. The molecule has 0 heterocycles. The Balaban J connectivity index is 0.000000980. The monoisotopic (exact) mass is 325 g/mol. The number of carbonyl (C=O) groups excluding carboxylic acids is 3. The molecule has 0 bridgehead atoms. The summed E-state index contributed by atoms with van der Waals surface area (Å²) in [6.45, 7) is 8.43. The lowest BCUT2D eigenvalue weighted by Crippen LogP contribution is -2.45. The third-order valence-electron chi connectivity index (χ3n) is 2.54. The van der Waals surface area contributed by atoms with Gasteiger partial charge in [-0.1, -0.05) is 51.1 Å². The number of Topliss-reactive ketones (excluding diaryl/α,β-unsaturated/α-hetero) is 1. The van der Waals surface area contributed by atoms with Crippen LogP contribution in [0.5, 0.6) is 0 Å². The molecule has 1 unspecified atom stereocenters. The zero-order valence-electron chi connectivity index (χ0n) is 13.8. The average Bonchev–Trinajstić information content (AvgIpc) is 2.37. The Labute approximate surface area is 137 Å². The average molecular weight is 326 g/mol. The summed E-state index contributed by atoms with van der Waals surface area (Å²) in [6.07, 6.45) is 0.408. The molecule has 22 heavy (non-hydrogen) atoms. The summed E-state index contributed by atoms with van der Waals surface area (Å²) in [4.78, 5) is 32.7. The summed E-state index contributed by atoms with van der Waals surface area (Å²) in [5, 5.41) is 2.14. The fraction of sp³-hybridized carbons (Fsp3) is 0.471. The molecule has 0 aromatic heterocycles. The third-order valence-corrected chi connectivity index (χ3v) is 2.81. The molecular formula is C17H24ClNO3. The Morgan fingerprint density at radius 1 is 1.09 bits per heavy atom. The second-order valence-corrected chi connectivity index (χ2v) is 6.55. The number of ketones is 1. The predicted octanol–water partition coefficient (Wildman–Crippen LogP) is 3.12. The van der Waals surface area contributed by atoms with E-state index >= 15 is 0 Å². The molecule has 1 amide bonds. The first kappa shape index (κ1) is 20.3. The molecule has 0 aliphatic heterocycles. The molecule has 0 spiro atoms. The number of benzene rings is 1. The number of halogens is 1. The second-order valence-electron chi connectivity index (χ2n) is 6.18. The van der Waals surface area contributed by atoms with Gasteiger partial charge in [-0.05, 0) is 31.0 Å². The SMILES string of the molecule is CC(C)(C)C(=O)NC(Cc1ccccc1)C(=O)Cl.CC(C)=O. The number of carbonyl (C=O) groups is 3. The van der Waals surface area contributed by atoms with Crippen molar-refractivity contribution in [1.29, 1.82) is 0 Å². The minimum atomic E-state index is -0.680. The van der Waals surface area contributed by atoms with Crippen LogP contribution in [0.15, 0.2) is 30.3 Å². The van der Waals surface area contributed by atoms with Crippen LogP contribution in [0.1, 0.15) is 40.2 Å². The quantitative estimate of drug-likeness (QED) is 0.865. The highest BCUT2D eigenvalue weighted by molar-refractivity contribution is 6.64. The lowest BCUT2D eigenvalue weighted by Gasteiger charge is -2.22. The van der Waals surface area contributed by atoms with Crippen LogP contribution in [0.25, 0.3) is 0 Å². The van der Waals surface area contributed by atoms with Gasteiger partial charge in [0.05, 0.1) is 0 Å². The van der Waals surface area contributed by atoms with E-state index in [1.54, 1.807) is 20.8 Å². The largest absolute Gasteiger partial charge is 0.344 e. The van der Waals surface area contributed by atoms with E-state index in [0.29, 0.717) is 6.42 Å². The molecule has 0 radical (unpaired) electrons. The van der Waals surface area contributed by atoms with Crippen molar-refractivity contribution in [3.8, 4) is 0 Å². The van der Waals surface area contributed by atoms with Crippen LogP contribution in [0.2, 0.25) is 0 Å². The molecule has 0 saturated carbocycles. The first-order valence-corrected chi connectivity index (χ1v) is 7.43. The lowest BCUT2D eigenvalue weighted by atomic mass is 9.94. The molecule has 4 nitrogen and oxygen atoms in total.